The lowest BCUT2D eigenvalue weighted by Gasteiger charge is -2.58. The summed E-state index contributed by atoms with van der Waals surface area (Å²) in [5.41, 5.74) is 1.64. The molecule has 4 aliphatic carbocycles. The Hall–Kier alpha value is -1.94. The summed E-state index contributed by atoms with van der Waals surface area (Å²) in [4.78, 5) is 24.7. The molecule has 0 aliphatic heterocycles. The van der Waals surface area contributed by atoms with Crippen molar-refractivity contribution in [3.8, 4) is 0 Å². The molecule has 0 saturated heterocycles. The molecule has 6 atom stereocenters. The maximum Gasteiger partial charge on any atom is 0.338 e. The van der Waals surface area contributed by atoms with Gasteiger partial charge < -0.3 is 9.84 Å². The van der Waals surface area contributed by atoms with Gasteiger partial charge in [0.15, 0.2) is 5.78 Å². The summed E-state index contributed by atoms with van der Waals surface area (Å²) >= 11 is 0. The highest BCUT2D eigenvalue weighted by Gasteiger charge is 2.61. The number of fused-ring (bicyclic) bond motifs is 5. The standard InChI is InChI=1S/C26H32O4/c1-25-13-12-22-20(8-7-18-15-19(28)11-14-26(18,22)16-27)21(25)9-10-23(25)30-24(29)17-5-3-2-4-6-17/h2-6,15,20-23,27H,7-14,16H2,1H3/t20-,21-,22-,23-,25-,26+/m0/s1. The SMILES string of the molecule is C[C@]12CC[C@H]3[C@@H](CCC4=CC(=O)CC[C@@]43CO)[C@@H]1CC[C@@H]2OC(=O)c1ccccc1. The van der Waals surface area contributed by atoms with Gasteiger partial charge in [0.2, 0.25) is 0 Å². The maximum atomic E-state index is 12.7. The largest absolute Gasteiger partial charge is 0.458 e. The minimum Gasteiger partial charge on any atom is -0.458 e. The number of ether oxygens (including phenoxy) is 1. The molecule has 160 valence electrons. The van der Waals surface area contributed by atoms with E-state index in [2.05, 4.69) is 6.92 Å². The molecule has 0 bridgehead atoms. The number of rotatable bonds is 3. The molecular formula is C26H32O4. The van der Waals surface area contributed by atoms with Crippen molar-refractivity contribution in [1.82, 2.24) is 0 Å². The highest BCUT2D eigenvalue weighted by molar-refractivity contribution is 5.91. The summed E-state index contributed by atoms with van der Waals surface area (Å²) < 4.78 is 6.08. The van der Waals surface area contributed by atoms with Gasteiger partial charge in [-0.05, 0) is 80.9 Å². The third-order valence-corrected chi connectivity index (χ3v) is 9.14. The Kier molecular flexibility index (Phi) is 4.89. The van der Waals surface area contributed by atoms with E-state index in [1.807, 2.05) is 36.4 Å². The second kappa shape index (κ2) is 7.33. The molecule has 1 aromatic carbocycles. The van der Waals surface area contributed by atoms with Crippen molar-refractivity contribution >= 4 is 11.8 Å². The van der Waals surface area contributed by atoms with Gasteiger partial charge in [-0.25, -0.2) is 4.79 Å². The Morgan fingerprint density at radius 2 is 1.87 bits per heavy atom. The van der Waals surface area contributed by atoms with Gasteiger partial charge in [0, 0.05) is 17.3 Å². The van der Waals surface area contributed by atoms with Crippen LogP contribution in [0.25, 0.3) is 0 Å². The Morgan fingerprint density at radius 1 is 1.07 bits per heavy atom. The Bertz CT molecular complexity index is 874. The number of hydrogen-bond donors (Lipinski definition) is 1. The average molecular weight is 409 g/mol. The van der Waals surface area contributed by atoms with Crippen LogP contribution in [0.4, 0.5) is 0 Å². The van der Waals surface area contributed by atoms with E-state index in [-0.39, 0.29) is 35.3 Å². The molecule has 0 aromatic heterocycles. The van der Waals surface area contributed by atoms with Crippen molar-refractivity contribution in [3.63, 3.8) is 0 Å². The molecule has 0 radical (unpaired) electrons. The first-order valence-corrected chi connectivity index (χ1v) is 11.6. The van der Waals surface area contributed by atoms with E-state index in [9.17, 15) is 14.7 Å². The first-order valence-electron chi connectivity index (χ1n) is 11.6. The summed E-state index contributed by atoms with van der Waals surface area (Å²) in [5, 5.41) is 10.5. The zero-order valence-corrected chi connectivity index (χ0v) is 17.8. The number of aliphatic hydroxyl groups is 1. The minimum atomic E-state index is -0.212. The second-order valence-electron chi connectivity index (χ2n) is 10.2. The molecule has 0 amide bonds. The molecule has 5 rings (SSSR count). The number of aliphatic hydroxyl groups excluding tert-OH is 1. The number of hydrogen-bond acceptors (Lipinski definition) is 4. The number of carbonyl (C=O) groups is 2. The summed E-state index contributed by atoms with van der Waals surface area (Å²) in [6.45, 7) is 2.48. The van der Waals surface area contributed by atoms with Gasteiger partial charge >= 0.3 is 5.97 Å². The molecule has 1 N–H and O–H groups in total. The van der Waals surface area contributed by atoms with Crippen molar-refractivity contribution in [1.29, 1.82) is 0 Å². The van der Waals surface area contributed by atoms with E-state index in [1.54, 1.807) is 0 Å². The molecule has 30 heavy (non-hydrogen) atoms. The van der Waals surface area contributed by atoms with Crippen LogP contribution in [0, 0.1) is 28.6 Å². The molecular weight excluding hydrogens is 376 g/mol. The summed E-state index contributed by atoms with van der Waals surface area (Å²) in [6.07, 6.45) is 9.27. The fraction of sp³-hybridized carbons (Fsp3) is 0.615. The minimum absolute atomic E-state index is 0.00789. The van der Waals surface area contributed by atoms with Gasteiger partial charge in [-0.2, -0.15) is 0 Å². The predicted molar refractivity (Wildman–Crippen MR) is 114 cm³/mol. The van der Waals surface area contributed by atoms with Gasteiger partial charge in [-0.3, -0.25) is 4.79 Å². The van der Waals surface area contributed by atoms with E-state index in [4.69, 9.17) is 4.74 Å². The molecule has 4 heteroatoms. The summed E-state index contributed by atoms with van der Waals surface area (Å²) in [6, 6.07) is 9.29. The lowest BCUT2D eigenvalue weighted by Crippen LogP contribution is -2.53. The number of benzene rings is 1. The monoisotopic (exact) mass is 408 g/mol. The lowest BCUT2D eigenvalue weighted by molar-refractivity contribution is -0.120. The number of ketones is 1. The molecule has 4 aliphatic rings. The van der Waals surface area contributed by atoms with Crippen LogP contribution in [0.15, 0.2) is 42.0 Å². The normalized spacial score (nSPS) is 40.1. The predicted octanol–water partition coefficient (Wildman–Crippen LogP) is 4.72. The van der Waals surface area contributed by atoms with Crippen LogP contribution >= 0.6 is 0 Å². The van der Waals surface area contributed by atoms with E-state index in [0.29, 0.717) is 29.7 Å². The van der Waals surface area contributed by atoms with Gasteiger partial charge in [0.1, 0.15) is 6.10 Å². The molecule has 1 aromatic rings. The van der Waals surface area contributed by atoms with Crippen molar-refractivity contribution in [2.45, 2.75) is 64.4 Å². The summed E-state index contributed by atoms with van der Waals surface area (Å²) in [5.74, 6) is 1.52. The van der Waals surface area contributed by atoms with Crippen LogP contribution in [-0.4, -0.2) is 29.6 Å². The average Bonchev–Trinajstić information content (AvgIpc) is 3.10. The molecule has 3 saturated carbocycles. The van der Waals surface area contributed by atoms with Crippen molar-refractivity contribution in [3.05, 3.63) is 47.5 Å². The third kappa shape index (κ3) is 2.90. The summed E-state index contributed by atoms with van der Waals surface area (Å²) in [7, 11) is 0. The molecule has 0 unspecified atom stereocenters. The fourth-order valence-electron chi connectivity index (χ4n) is 7.57. The lowest BCUT2D eigenvalue weighted by atomic mass is 9.47. The van der Waals surface area contributed by atoms with E-state index in [0.717, 1.165) is 44.9 Å². The number of esters is 1. The van der Waals surface area contributed by atoms with Crippen molar-refractivity contribution in [2.24, 2.45) is 28.6 Å². The van der Waals surface area contributed by atoms with Crippen LogP contribution in [0.2, 0.25) is 0 Å². The first kappa shape index (κ1) is 20.0. The maximum absolute atomic E-state index is 12.7. The van der Waals surface area contributed by atoms with Crippen LogP contribution < -0.4 is 0 Å². The molecule has 4 nitrogen and oxygen atoms in total. The van der Waals surface area contributed by atoms with Crippen LogP contribution in [0.1, 0.15) is 68.6 Å². The van der Waals surface area contributed by atoms with E-state index in [1.165, 1.54) is 5.57 Å². The Balaban J connectivity index is 1.38. The van der Waals surface area contributed by atoms with Crippen LogP contribution in [0.5, 0.6) is 0 Å². The van der Waals surface area contributed by atoms with Gasteiger partial charge in [0.25, 0.3) is 0 Å². The third-order valence-electron chi connectivity index (χ3n) is 9.14. The highest BCUT2D eigenvalue weighted by Crippen LogP contribution is 2.65. The topological polar surface area (TPSA) is 63.6 Å². The Labute approximate surface area is 178 Å². The van der Waals surface area contributed by atoms with E-state index < -0.39 is 0 Å². The zero-order valence-electron chi connectivity index (χ0n) is 17.8. The zero-order chi connectivity index (χ0) is 20.9. The quantitative estimate of drug-likeness (QED) is 0.736. The van der Waals surface area contributed by atoms with Gasteiger partial charge in [-0.15, -0.1) is 0 Å². The van der Waals surface area contributed by atoms with Crippen LogP contribution in [-0.2, 0) is 9.53 Å². The van der Waals surface area contributed by atoms with Gasteiger partial charge in [-0.1, -0.05) is 30.7 Å². The van der Waals surface area contributed by atoms with Crippen molar-refractivity contribution < 1.29 is 19.4 Å². The van der Waals surface area contributed by atoms with Gasteiger partial charge in [0.05, 0.1) is 12.2 Å². The molecule has 0 spiro atoms. The smallest absolute Gasteiger partial charge is 0.338 e. The molecule has 3 fully saturated rings. The second-order valence-corrected chi connectivity index (χ2v) is 10.2. The molecule has 0 heterocycles. The number of carbonyl (C=O) groups excluding carboxylic acids is 2. The first-order chi connectivity index (χ1) is 14.5. The van der Waals surface area contributed by atoms with Crippen LogP contribution in [0.3, 0.4) is 0 Å². The highest BCUT2D eigenvalue weighted by atomic mass is 16.5. The van der Waals surface area contributed by atoms with E-state index >= 15 is 0 Å². The van der Waals surface area contributed by atoms with Crippen molar-refractivity contribution in [2.75, 3.05) is 6.61 Å². The Morgan fingerprint density at radius 3 is 2.63 bits per heavy atom. The fourth-order valence-corrected chi connectivity index (χ4v) is 7.57.